The first-order valence-corrected chi connectivity index (χ1v) is 7.39. The minimum Gasteiger partial charge on any atom is -0.492 e. The van der Waals surface area contributed by atoms with Crippen LogP contribution in [0, 0.1) is 17.2 Å². The molecule has 0 unspecified atom stereocenters. The number of carbonyl (C=O) groups is 2. The smallest absolute Gasteiger partial charge is 0.245 e. The van der Waals surface area contributed by atoms with Gasteiger partial charge in [0.1, 0.15) is 12.4 Å². The first kappa shape index (κ1) is 15.5. The molecule has 6 heteroatoms. The highest BCUT2D eigenvalue weighted by molar-refractivity contribution is 9.10. The Balaban J connectivity index is 2.23. The van der Waals surface area contributed by atoms with E-state index >= 15 is 0 Å². The van der Waals surface area contributed by atoms with E-state index in [1.165, 1.54) is 0 Å². The highest BCUT2D eigenvalue weighted by atomic mass is 79.9. The predicted octanol–water partition coefficient (Wildman–Crippen LogP) is 2.16. The fourth-order valence-electron chi connectivity index (χ4n) is 2.24. The lowest BCUT2D eigenvalue weighted by Crippen LogP contribution is -2.40. The summed E-state index contributed by atoms with van der Waals surface area (Å²) in [5, 5.41) is 11.8. The number of fused-ring (bicyclic) bond motifs is 1. The van der Waals surface area contributed by atoms with Crippen LogP contribution in [0.25, 0.3) is 0 Å². The fourth-order valence-corrected chi connectivity index (χ4v) is 2.62. The number of Topliss-reactive ketones (excluding diaryl/α,β-unsaturated/α-hetero) is 1. The van der Waals surface area contributed by atoms with Crippen LogP contribution in [0.15, 0.2) is 22.7 Å². The Morgan fingerprint density at radius 1 is 1.48 bits per heavy atom. The molecule has 0 fully saturated rings. The summed E-state index contributed by atoms with van der Waals surface area (Å²) in [6.45, 7) is 3.72. The van der Waals surface area contributed by atoms with Gasteiger partial charge >= 0.3 is 0 Å². The summed E-state index contributed by atoms with van der Waals surface area (Å²) >= 11 is 3.35. The Morgan fingerprint density at radius 2 is 2.19 bits per heavy atom. The van der Waals surface area contributed by atoms with Gasteiger partial charge in [0.2, 0.25) is 5.91 Å². The predicted molar refractivity (Wildman–Crippen MR) is 79.8 cm³/mol. The summed E-state index contributed by atoms with van der Waals surface area (Å²) in [6.07, 6.45) is 0. The maximum absolute atomic E-state index is 12.5. The monoisotopic (exact) mass is 350 g/mol. The van der Waals surface area contributed by atoms with Gasteiger partial charge in [-0.3, -0.25) is 9.59 Å². The number of rotatable bonds is 4. The first-order valence-electron chi connectivity index (χ1n) is 6.60. The number of benzene rings is 1. The van der Waals surface area contributed by atoms with Crippen molar-refractivity contribution in [1.82, 2.24) is 5.32 Å². The van der Waals surface area contributed by atoms with E-state index in [1.807, 2.05) is 6.07 Å². The molecular weight excluding hydrogens is 336 g/mol. The van der Waals surface area contributed by atoms with Crippen LogP contribution in [-0.2, 0) is 9.59 Å². The van der Waals surface area contributed by atoms with E-state index in [-0.39, 0.29) is 12.6 Å². The van der Waals surface area contributed by atoms with Gasteiger partial charge in [-0.15, -0.1) is 0 Å². The van der Waals surface area contributed by atoms with Crippen molar-refractivity contribution in [1.29, 1.82) is 5.26 Å². The van der Waals surface area contributed by atoms with E-state index in [2.05, 4.69) is 21.2 Å². The van der Waals surface area contributed by atoms with E-state index in [0.29, 0.717) is 11.3 Å². The minimum absolute atomic E-state index is 0.123. The number of nitriles is 1. The summed E-state index contributed by atoms with van der Waals surface area (Å²) in [6, 6.07) is 7.05. The average Bonchev–Trinajstić information content (AvgIpc) is 2.81. The van der Waals surface area contributed by atoms with Gasteiger partial charge < -0.3 is 10.1 Å². The second kappa shape index (κ2) is 6.27. The van der Waals surface area contributed by atoms with E-state index < -0.39 is 23.5 Å². The maximum Gasteiger partial charge on any atom is 0.245 e. The molecule has 2 rings (SSSR count). The van der Waals surface area contributed by atoms with Gasteiger partial charge in [-0.2, -0.15) is 5.26 Å². The number of carbonyl (C=O) groups excluding carboxylic acids is 2. The van der Waals surface area contributed by atoms with Crippen molar-refractivity contribution in [3.05, 3.63) is 28.2 Å². The van der Waals surface area contributed by atoms with Crippen LogP contribution in [0.4, 0.5) is 0 Å². The summed E-state index contributed by atoms with van der Waals surface area (Å²) in [4.78, 5) is 24.5. The molecule has 5 nitrogen and oxygen atoms in total. The second-order valence-electron chi connectivity index (χ2n) is 5.17. The van der Waals surface area contributed by atoms with Crippen molar-refractivity contribution < 1.29 is 14.3 Å². The van der Waals surface area contributed by atoms with Gasteiger partial charge in [0.05, 0.1) is 12.0 Å². The number of amides is 1. The van der Waals surface area contributed by atoms with Crippen molar-refractivity contribution in [2.45, 2.75) is 25.8 Å². The minimum atomic E-state index is -1.31. The van der Waals surface area contributed by atoms with Crippen molar-refractivity contribution in [3.8, 4) is 11.8 Å². The lowest BCUT2D eigenvalue weighted by Gasteiger charge is -2.15. The zero-order valence-corrected chi connectivity index (χ0v) is 13.3. The Labute approximate surface area is 131 Å². The zero-order chi connectivity index (χ0) is 15.6. The molecule has 1 aromatic carbocycles. The highest BCUT2D eigenvalue weighted by Gasteiger charge is 2.38. The van der Waals surface area contributed by atoms with Crippen LogP contribution in [0.5, 0.6) is 5.75 Å². The third-order valence-corrected chi connectivity index (χ3v) is 3.70. The van der Waals surface area contributed by atoms with E-state index in [9.17, 15) is 9.59 Å². The van der Waals surface area contributed by atoms with Crippen LogP contribution in [0.3, 0.4) is 0 Å². The molecule has 0 aromatic heterocycles. The SMILES string of the molecule is CC(C)NC(=O)[C@H](C#N)C(=O)[C@H]1COc2ccc(Br)cc21. The molecule has 0 aliphatic carbocycles. The number of nitrogens with one attached hydrogen (secondary N) is 1. The molecule has 1 amide bonds. The quantitative estimate of drug-likeness (QED) is 0.843. The number of nitrogens with zero attached hydrogens (tertiary/aromatic N) is 1. The van der Waals surface area contributed by atoms with Crippen molar-refractivity contribution in [2.75, 3.05) is 6.61 Å². The molecule has 1 heterocycles. The molecule has 0 spiro atoms. The van der Waals surface area contributed by atoms with Crippen molar-refractivity contribution in [2.24, 2.45) is 5.92 Å². The molecule has 0 saturated carbocycles. The van der Waals surface area contributed by atoms with Crippen LogP contribution in [0.1, 0.15) is 25.3 Å². The molecule has 21 heavy (non-hydrogen) atoms. The molecule has 1 aliphatic rings. The number of ketones is 1. The van der Waals surface area contributed by atoms with Gasteiger partial charge in [0.25, 0.3) is 0 Å². The summed E-state index contributed by atoms with van der Waals surface area (Å²) in [5.41, 5.74) is 0.715. The molecule has 1 aromatic rings. The lowest BCUT2D eigenvalue weighted by molar-refractivity contribution is -0.132. The normalized spacial score (nSPS) is 17.6. The number of ether oxygens (including phenoxy) is 1. The van der Waals surface area contributed by atoms with Crippen LogP contribution >= 0.6 is 15.9 Å². The van der Waals surface area contributed by atoms with Crippen LogP contribution in [0.2, 0.25) is 0 Å². The van der Waals surface area contributed by atoms with Crippen LogP contribution in [-0.4, -0.2) is 24.3 Å². The van der Waals surface area contributed by atoms with Gasteiger partial charge in [0.15, 0.2) is 11.7 Å². The maximum atomic E-state index is 12.5. The number of halogens is 1. The van der Waals surface area contributed by atoms with Crippen molar-refractivity contribution >= 4 is 27.6 Å². The Kier molecular flexibility index (Phi) is 4.63. The van der Waals surface area contributed by atoms with E-state index in [1.54, 1.807) is 32.0 Å². The number of hydrogen-bond donors (Lipinski definition) is 1. The molecule has 0 saturated heterocycles. The zero-order valence-electron chi connectivity index (χ0n) is 11.7. The molecule has 110 valence electrons. The Morgan fingerprint density at radius 3 is 2.81 bits per heavy atom. The average molecular weight is 351 g/mol. The van der Waals surface area contributed by atoms with E-state index in [4.69, 9.17) is 10.00 Å². The third kappa shape index (κ3) is 3.24. The molecular formula is C15H15BrN2O3. The summed E-state index contributed by atoms with van der Waals surface area (Å²) < 4.78 is 6.28. The molecule has 2 atom stereocenters. The van der Waals surface area contributed by atoms with Crippen molar-refractivity contribution in [3.63, 3.8) is 0 Å². The highest BCUT2D eigenvalue weighted by Crippen LogP contribution is 2.37. The third-order valence-electron chi connectivity index (χ3n) is 3.20. The second-order valence-corrected chi connectivity index (χ2v) is 6.09. The fraction of sp³-hybridized carbons (Fsp3) is 0.400. The van der Waals surface area contributed by atoms with Crippen LogP contribution < -0.4 is 10.1 Å². The molecule has 0 bridgehead atoms. The molecule has 1 aliphatic heterocycles. The van der Waals surface area contributed by atoms with Gasteiger partial charge in [-0.05, 0) is 32.0 Å². The summed E-state index contributed by atoms with van der Waals surface area (Å²) in [7, 11) is 0. The molecule has 1 N–H and O–H groups in total. The Bertz CT molecular complexity index is 622. The van der Waals surface area contributed by atoms with Gasteiger partial charge in [-0.1, -0.05) is 15.9 Å². The topological polar surface area (TPSA) is 79.2 Å². The van der Waals surface area contributed by atoms with Gasteiger partial charge in [-0.25, -0.2) is 0 Å². The molecule has 0 radical (unpaired) electrons. The standard InChI is InChI=1S/C15H15BrN2O3/c1-8(2)18-15(20)11(6-17)14(19)12-7-21-13-4-3-9(16)5-10(12)13/h3-5,8,11-12H,7H2,1-2H3,(H,18,20)/t11-,12+/m1/s1. The summed E-state index contributed by atoms with van der Waals surface area (Å²) in [5.74, 6) is -2.25. The Hall–Kier alpha value is -1.87. The largest absolute Gasteiger partial charge is 0.492 e. The van der Waals surface area contributed by atoms with E-state index in [0.717, 1.165) is 4.47 Å². The lowest BCUT2D eigenvalue weighted by atomic mass is 9.89. The number of hydrogen-bond acceptors (Lipinski definition) is 4. The van der Waals surface area contributed by atoms with Gasteiger partial charge in [0, 0.05) is 16.1 Å². The first-order chi connectivity index (χ1) is 9.93.